The highest BCUT2D eigenvalue weighted by molar-refractivity contribution is 8.00. The molecular weight excluding hydrogens is 256 g/mol. The molecule has 0 aliphatic heterocycles. The first-order valence-electron chi connectivity index (χ1n) is 5.48. The minimum atomic E-state index is 0.0330. The summed E-state index contributed by atoms with van der Waals surface area (Å²) in [5, 5.41) is 3.53. The van der Waals surface area contributed by atoms with Crippen molar-refractivity contribution in [3.05, 3.63) is 29.3 Å². The van der Waals surface area contributed by atoms with E-state index in [1.54, 1.807) is 0 Å². The third kappa shape index (κ3) is 6.56. The van der Waals surface area contributed by atoms with Gasteiger partial charge in [0.25, 0.3) is 0 Å². The summed E-state index contributed by atoms with van der Waals surface area (Å²) in [6.45, 7) is 2.56. The first-order valence-corrected chi connectivity index (χ1v) is 6.85. The van der Waals surface area contributed by atoms with Gasteiger partial charge < -0.3 is 11.1 Å². The van der Waals surface area contributed by atoms with Crippen LogP contribution in [-0.4, -0.2) is 24.2 Å². The molecule has 0 aliphatic rings. The molecule has 0 saturated carbocycles. The monoisotopic (exact) mass is 272 g/mol. The van der Waals surface area contributed by atoms with Gasteiger partial charge in [-0.05, 0) is 37.6 Å². The second-order valence-corrected chi connectivity index (χ2v) is 5.34. The number of benzene rings is 1. The Morgan fingerprint density at radius 2 is 2.12 bits per heavy atom. The third-order valence-electron chi connectivity index (χ3n) is 2.11. The van der Waals surface area contributed by atoms with Gasteiger partial charge in [-0.15, -0.1) is 11.8 Å². The number of rotatable bonds is 6. The van der Waals surface area contributed by atoms with E-state index in [1.165, 1.54) is 11.8 Å². The molecule has 3 nitrogen and oxygen atoms in total. The summed E-state index contributed by atoms with van der Waals surface area (Å²) < 4.78 is 0. The highest BCUT2D eigenvalue weighted by Gasteiger charge is 2.03. The van der Waals surface area contributed by atoms with E-state index < -0.39 is 0 Å². The van der Waals surface area contributed by atoms with Gasteiger partial charge in [0.1, 0.15) is 0 Å². The predicted molar refractivity (Wildman–Crippen MR) is 73.5 cm³/mol. The fourth-order valence-corrected chi connectivity index (χ4v) is 2.02. The number of nitrogens with two attached hydrogens (primary N) is 1. The van der Waals surface area contributed by atoms with Gasteiger partial charge in [-0.2, -0.15) is 0 Å². The lowest BCUT2D eigenvalue weighted by Crippen LogP contribution is -2.30. The molecule has 0 aromatic heterocycles. The van der Waals surface area contributed by atoms with Crippen molar-refractivity contribution < 1.29 is 4.79 Å². The number of nitrogens with one attached hydrogen (secondary N) is 1. The van der Waals surface area contributed by atoms with Crippen LogP contribution in [0.15, 0.2) is 29.2 Å². The Labute approximate surface area is 111 Å². The molecule has 0 radical (unpaired) electrons. The van der Waals surface area contributed by atoms with Crippen molar-refractivity contribution in [3.63, 3.8) is 0 Å². The minimum Gasteiger partial charge on any atom is -0.355 e. The van der Waals surface area contributed by atoms with Crippen LogP contribution < -0.4 is 11.1 Å². The Morgan fingerprint density at radius 3 is 2.71 bits per heavy atom. The Bertz CT molecular complexity index is 354. The molecular formula is C12H17ClN2OS. The van der Waals surface area contributed by atoms with Crippen molar-refractivity contribution in [1.29, 1.82) is 0 Å². The number of hydrogen-bond acceptors (Lipinski definition) is 3. The Kier molecular flexibility index (Phi) is 6.40. The second-order valence-electron chi connectivity index (χ2n) is 3.86. The van der Waals surface area contributed by atoms with Crippen LogP contribution in [0, 0.1) is 0 Å². The predicted octanol–water partition coefficient (Wildman–Crippen LogP) is 2.29. The molecule has 1 atom stereocenters. The van der Waals surface area contributed by atoms with Crippen LogP contribution >= 0.6 is 23.4 Å². The van der Waals surface area contributed by atoms with E-state index in [0.717, 1.165) is 11.3 Å². The first-order chi connectivity index (χ1) is 8.08. The zero-order chi connectivity index (χ0) is 12.7. The molecule has 94 valence electrons. The highest BCUT2D eigenvalue weighted by atomic mass is 35.5. The average Bonchev–Trinajstić information content (AvgIpc) is 2.28. The molecule has 17 heavy (non-hydrogen) atoms. The number of halogens is 1. The van der Waals surface area contributed by atoms with E-state index in [-0.39, 0.29) is 11.9 Å². The molecule has 1 aromatic carbocycles. The molecule has 0 bridgehead atoms. The number of hydrogen-bond donors (Lipinski definition) is 2. The van der Waals surface area contributed by atoms with Crippen molar-refractivity contribution in [3.8, 4) is 0 Å². The van der Waals surface area contributed by atoms with Crippen LogP contribution in [0.3, 0.4) is 0 Å². The maximum absolute atomic E-state index is 11.5. The lowest BCUT2D eigenvalue weighted by Gasteiger charge is -2.07. The maximum Gasteiger partial charge on any atom is 0.230 e. The summed E-state index contributed by atoms with van der Waals surface area (Å²) in [4.78, 5) is 12.5. The van der Waals surface area contributed by atoms with Crippen LogP contribution in [0.4, 0.5) is 0 Å². The summed E-state index contributed by atoms with van der Waals surface area (Å²) in [7, 11) is 0. The molecule has 0 aliphatic carbocycles. The Balaban J connectivity index is 2.21. The SMILES string of the molecule is CC(N)CCNC(=O)CSc1ccc(Cl)cc1. The zero-order valence-corrected chi connectivity index (χ0v) is 11.4. The molecule has 0 heterocycles. The zero-order valence-electron chi connectivity index (χ0n) is 9.78. The fourth-order valence-electron chi connectivity index (χ4n) is 1.17. The van der Waals surface area contributed by atoms with E-state index in [1.807, 2.05) is 31.2 Å². The number of carbonyl (C=O) groups excluding carboxylic acids is 1. The summed E-state index contributed by atoms with van der Waals surface area (Å²) in [5.74, 6) is 0.450. The first kappa shape index (κ1) is 14.4. The van der Waals surface area contributed by atoms with E-state index >= 15 is 0 Å². The normalized spacial score (nSPS) is 12.2. The van der Waals surface area contributed by atoms with Gasteiger partial charge in [0.05, 0.1) is 5.75 Å². The molecule has 1 amide bonds. The number of thioether (sulfide) groups is 1. The molecule has 0 fully saturated rings. The van der Waals surface area contributed by atoms with Gasteiger partial charge in [-0.25, -0.2) is 0 Å². The van der Waals surface area contributed by atoms with Crippen molar-refractivity contribution >= 4 is 29.3 Å². The topological polar surface area (TPSA) is 55.1 Å². The van der Waals surface area contributed by atoms with Gasteiger partial charge in [-0.3, -0.25) is 4.79 Å². The summed E-state index contributed by atoms with van der Waals surface area (Å²) in [6.07, 6.45) is 0.803. The lowest BCUT2D eigenvalue weighted by molar-refractivity contribution is -0.118. The molecule has 1 unspecified atom stereocenters. The molecule has 1 rings (SSSR count). The smallest absolute Gasteiger partial charge is 0.230 e. The van der Waals surface area contributed by atoms with Crippen molar-refractivity contribution in [1.82, 2.24) is 5.32 Å². The van der Waals surface area contributed by atoms with Crippen LogP contribution in [0.25, 0.3) is 0 Å². The van der Waals surface area contributed by atoms with Gasteiger partial charge in [0.2, 0.25) is 5.91 Å². The quantitative estimate of drug-likeness (QED) is 0.781. The Hall–Kier alpha value is -0.710. The largest absolute Gasteiger partial charge is 0.355 e. The van der Waals surface area contributed by atoms with Crippen molar-refractivity contribution in [2.75, 3.05) is 12.3 Å². The molecule has 1 aromatic rings. The molecule has 3 N–H and O–H groups in total. The van der Waals surface area contributed by atoms with Crippen molar-refractivity contribution in [2.45, 2.75) is 24.3 Å². The van der Waals surface area contributed by atoms with Crippen LogP contribution in [0.1, 0.15) is 13.3 Å². The van der Waals surface area contributed by atoms with Crippen molar-refractivity contribution in [2.24, 2.45) is 5.73 Å². The summed E-state index contributed by atoms with van der Waals surface area (Å²) >= 11 is 7.27. The fraction of sp³-hybridized carbons (Fsp3) is 0.417. The van der Waals surface area contributed by atoms with E-state index in [9.17, 15) is 4.79 Å². The van der Waals surface area contributed by atoms with Crippen LogP contribution in [0.2, 0.25) is 5.02 Å². The Morgan fingerprint density at radius 1 is 1.47 bits per heavy atom. The average molecular weight is 273 g/mol. The van der Waals surface area contributed by atoms with E-state index in [4.69, 9.17) is 17.3 Å². The van der Waals surface area contributed by atoms with E-state index in [2.05, 4.69) is 5.32 Å². The van der Waals surface area contributed by atoms with Gasteiger partial charge >= 0.3 is 0 Å². The standard InChI is InChI=1S/C12H17ClN2OS/c1-9(14)6-7-15-12(16)8-17-11-4-2-10(13)3-5-11/h2-5,9H,6-8,14H2,1H3,(H,15,16). The van der Waals surface area contributed by atoms with E-state index in [0.29, 0.717) is 17.3 Å². The number of amides is 1. The van der Waals surface area contributed by atoms with Gasteiger partial charge in [0, 0.05) is 22.5 Å². The minimum absolute atomic E-state index is 0.0330. The molecule has 0 saturated heterocycles. The van der Waals surface area contributed by atoms with Crippen LogP contribution in [-0.2, 0) is 4.79 Å². The molecule has 5 heteroatoms. The maximum atomic E-state index is 11.5. The lowest BCUT2D eigenvalue weighted by atomic mass is 10.2. The summed E-state index contributed by atoms with van der Waals surface area (Å²) in [6, 6.07) is 7.57. The highest BCUT2D eigenvalue weighted by Crippen LogP contribution is 2.19. The van der Waals surface area contributed by atoms with Gasteiger partial charge in [0.15, 0.2) is 0 Å². The van der Waals surface area contributed by atoms with Crippen LogP contribution in [0.5, 0.6) is 0 Å². The second kappa shape index (κ2) is 7.58. The van der Waals surface area contributed by atoms with Gasteiger partial charge in [-0.1, -0.05) is 11.6 Å². The summed E-state index contributed by atoms with van der Waals surface area (Å²) in [5.41, 5.74) is 5.59. The number of carbonyl (C=O) groups is 1. The third-order valence-corrected chi connectivity index (χ3v) is 3.37. The molecule has 0 spiro atoms.